The average Bonchev–Trinajstić information content (AvgIpc) is 2.52. The first-order valence-corrected chi connectivity index (χ1v) is 7.63. The van der Waals surface area contributed by atoms with Crippen LogP contribution in [-0.2, 0) is 6.61 Å². The van der Waals surface area contributed by atoms with E-state index in [2.05, 4.69) is 36.3 Å². The maximum atomic E-state index is 6.05. The van der Waals surface area contributed by atoms with E-state index in [9.17, 15) is 0 Å². The number of pyridine rings is 1. The Hall–Kier alpha value is -1.58. The minimum absolute atomic E-state index is 0.355. The van der Waals surface area contributed by atoms with Crippen molar-refractivity contribution in [2.24, 2.45) is 0 Å². The molecule has 0 aliphatic carbocycles. The summed E-state index contributed by atoms with van der Waals surface area (Å²) in [5, 5.41) is 4.10. The van der Waals surface area contributed by atoms with Gasteiger partial charge < -0.3 is 10.1 Å². The lowest BCUT2D eigenvalue weighted by molar-refractivity contribution is 0.306. The lowest BCUT2D eigenvalue weighted by Crippen LogP contribution is -2.19. The Labute approximate surface area is 131 Å². The monoisotopic (exact) mass is 304 g/mol. The average molecular weight is 305 g/mol. The molecule has 0 saturated carbocycles. The highest BCUT2D eigenvalue weighted by atomic mass is 35.5. The van der Waals surface area contributed by atoms with Crippen LogP contribution in [0.3, 0.4) is 0 Å². The molecule has 21 heavy (non-hydrogen) atoms. The van der Waals surface area contributed by atoms with Crippen molar-refractivity contribution in [2.45, 2.75) is 32.9 Å². The van der Waals surface area contributed by atoms with Gasteiger partial charge in [0.1, 0.15) is 12.4 Å². The third-order valence-electron chi connectivity index (χ3n) is 3.33. The summed E-state index contributed by atoms with van der Waals surface area (Å²) in [5.41, 5.74) is 2.20. The normalized spacial score (nSPS) is 12.1. The minimum Gasteiger partial charge on any atom is -0.489 e. The van der Waals surface area contributed by atoms with Gasteiger partial charge in [0, 0.05) is 24.0 Å². The summed E-state index contributed by atoms with van der Waals surface area (Å²) in [6.07, 6.45) is 4.48. The number of benzene rings is 1. The predicted molar refractivity (Wildman–Crippen MR) is 86.7 cm³/mol. The number of rotatable bonds is 7. The summed E-state index contributed by atoms with van der Waals surface area (Å²) >= 11 is 6.05. The van der Waals surface area contributed by atoms with Gasteiger partial charge in [0.25, 0.3) is 0 Å². The van der Waals surface area contributed by atoms with Crippen LogP contribution in [0.5, 0.6) is 5.75 Å². The van der Waals surface area contributed by atoms with Crippen molar-refractivity contribution in [3.63, 3.8) is 0 Å². The number of ether oxygens (including phenoxy) is 1. The van der Waals surface area contributed by atoms with Crippen molar-refractivity contribution in [3.8, 4) is 5.75 Å². The molecule has 1 atom stereocenters. The molecular formula is C17H21ClN2O. The fourth-order valence-electron chi connectivity index (χ4n) is 2.01. The summed E-state index contributed by atoms with van der Waals surface area (Å²) in [5.74, 6) is 0.842. The first kappa shape index (κ1) is 15.8. The summed E-state index contributed by atoms with van der Waals surface area (Å²) in [6.45, 7) is 5.81. The predicted octanol–water partition coefficient (Wildman–Crippen LogP) is 4.37. The van der Waals surface area contributed by atoms with Crippen LogP contribution in [-0.4, -0.2) is 11.5 Å². The maximum absolute atomic E-state index is 6.05. The summed E-state index contributed by atoms with van der Waals surface area (Å²) < 4.78 is 5.76. The molecule has 0 radical (unpaired) electrons. The molecule has 2 rings (SSSR count). The molecule has 0 amide bonds. The fourth-order valence-corrected chi connectivity index (χ4v) is 2.19. The third kappa shape index (κ3) is 4.73. The molecule has 1 aromatic heterocycles. The summed E-state index contributed by atoms with van der Waals surface area (Å²) in [7, 11) is 0. The molecule has 1 aromatic carbocycles. The van der Waals surface area contributed by atoms with Crippen molar-refractivity contribution in [2.75, 3.05) is 6.54 Å². The van der Waals surface area contributed by atoms with E-state index in [-0.39, 0.29) is 0 Å². The third-order valence-corrected chi connectivity index (χ3v) is 3.67. The van der Waals surface area contributed by atoms with Gasteiger partial charge in [0.2, 0.25) is 0 Å². The zero-order valence-electron chi connectivity index (χ0n) is 12.5. The fraction of sp³-hybridized carbons (Fsp3) is 0.353. The van der Waals surface area contributed by atoms with Crippen molar-refractivity contribution >= 4 is 11.6 Å². The molecule has 0 aliphatic rings. The van der Waals surface area contributed by atoms with Crippen LogP contribution in [0.15, 0.2) is 42.7 Å². The van der Waals surface area contributed by atoms with Gasteiger partial charge in [0.05, 0.1) is 5.02 Å². The van der Waals surface area contributed by atoms with Gasteiger partial charge in [-0.25, -0.2) is 0 Å². The van der Waals surface area contributed by atoms with Crippen LogP contribution >= 0.6 is 11.6 Å². The Balaban J connectivity index is 1.92. The highest BCUT2D eigenvalue weighted by Crippen LogP contribution is 2.20. The van der Waals surface area contributed by atoms with E-state index in [4.69, 9.17) is 16.3 Å². The van der Waals surface area contributed by atoms with Gasteiger partial charge >= 0.3 is 0 Å². The Kier molecular flexibility index (Phi) is 6.03. The molecule has 112 valence electrons. The molecule has 3 nitrogen and oxygen atoms in total. The number of nitrogens with one attached hydrogen (secondary N) is 1. The van der Waals surface area contributed by atoms with Crippen molar-refractivity contribution < 1.29 is 4.74 Å². The number of halogens is 1. The second kappa shape index (κ2) is 8.01. The number of aromatic nitrogens is 1. The number of hydrogen-bond acceptors (Lipinski definition) is 3. The highest BCUT2D eigenvalue weighted by molar-refractivity contribution is 6.31. The molecule has 1 heterocycles. The Morgan fingerprint density at radius 2 is 2.00 bits per heavy atom. The van der Waals surface area contributed by atoms with Gasteiger partial charge in [-0.2, -0.15) is 0 Å². The van der Waals surface area contributed by atoms with Crippen LogP contribution < -0.4 is 10.1 Å². The topological polar surface area (TPSA) is 34.1 Å². The lowest BCUT2D eigenvalue weighted by atomic mass is 10.1. The maximum Gasteiger partial charge on any atom is 0.119 e. The first-order chi connectivity index (χ1) is 10.2. The largest absolute Gasteiger partial charge is 0.489 e. The molecule has 4 heteroatoms. The molecule has 1 unspecified atom stereocenters. The van der Waals surface area contributed by atoms with E-state index in [1.54, 1.807) is 12.4 Å². The van der Waals surface area contributed by atoms with Crippen molar-refractivity contribution in [1.29, 1.82) is 0 Å². The standard InChI is InChI=1S/C17H21ClN2O/c1-3-9-20-13(2)14-4-6-16(7-5-14)21-12-15-8-10-19-11-17(15)18/h4-8,10-11,13,20H,3,9,12H2,1-2H3. The molecule has 2 aromatic rings. The van der Waals surface area contributed by atoms with Gasteiger partial charge in [-0.15, -0.1) is 0 Å². The van der Waals surface area contributed by atoms with E-state index in [0.29, 0.717) is 17.7 Å². The highest BCUT2D eigenvalue weighted by Gasteiger charge is 2.05. The smallest absolute Gasteiger partial charge is 0.119 e. The SMILES string of the molecule is CCCNC(C)c1ccc(OCc2ccncc2Cl)cc1. The number of hydrogen-bond donors (Lipinski definition) is 1. The summed E-state index contributed by atoms with van der Waals surface area (Å²) in [6, 6.07) is 10.4. The molecule has 0 bridgehead atoms. The number of nitrogens with zero attached hydrogens (tertiary/aromatic N) is 1. The molecule has 0 fully saturated rings. The van der Waals surface area contributed by atoms with Crippen LogP contribution in [0, 0.1) is 0 Å². The first-order valence-electron chi connectivity index (χ1n) is 7.25. The molecule has 0 saturated heterocycles. The Morgan fingerprint density at radius 1 is 1.24 bits per heavy atom. The Bertz CT molecular complexity index is 557. The molecular weight excluding hydrogens is 284 g/mol. The van der Waals surface area contributed by atoms with Crippen LogP contribution in [0.1, 0.15) is 37.4 Å². The second-order valence-corrected chi connectivity index (χ2v) is 5.41. The van der Waals surface area contributed by atoms with Crippen LogP contribution in [0.2, 0.25) is 5.02 Å². The van der Waals surface area contributed by atoms with Crippen LogP contribution in [0.4, 0.5) is 0 Å². The molecule has 1 N–H and O–H groups in total. The van der Waals surface area contributed by atoms with Crippen molar-refractivity contribution in [3.05, 3.63) is 58.9 Å². The van der Waals surface area contributed by atoms with Gasteiger partial charge in [0.15, 0.2) is 0 Å². The summed E-state index contributed by atoms with van der Waals surface area (Å²) in [4.78, 5) is 3.96. The lowest BCUT2D eigenvalue weighted by Gasteiger charge is -2.14. The van der Waals surface area contributed by atoms with E-state index >= 15 is 0 Å². The molecule has 0 aliphatic heterocycles. The van der Waals surface area contributed by atoms with E-state index < -0.39 is 0 Å². The van der Waals surface area contributed by atoms with Gasteiger partial charge in [-0.3, -0.25) is 4.98 Å². The van der Waals surface area contributed by atoms with Gasteiger partial charge in [-0.1, -0.05) is 30.7 Å². The van der Waals surface area contributed by atoms with E-state index in [0.717, 1.165) is 24.3 Å². The van der Waals surface area contributed by atoms with Crippen LogP contribution in [0.25, 0.3) is 0 Å². The van der Waals surface area contributed by atoms with E-state index in [1.165, 1.54) is 5.56 Å². The quantitative estimate of drug-likeness (QED) is 0.824. The second-order valence-electron chi connectivity index (χ2n) is 5.00. The zero-order chi connectivity index (χ0) is 15.1. The zero-order valence-corrected chi connectivity index (χ0v) is 13.2. The minimum atomic E-state index is 0.355. The molecule has 0 spiro atoms. The Morgan fingerprint density at radius 3 is 2.67 bits per heavy atom. The van der Waals surface area contributed by atoms with Crippen molar-refractivity contribution in [1.82, 2.24) is 10.3 Å². The van der Waals surface area contributed by atoms with Gasteiger partial charge in [-0.05, 0) is 43.7 Å². The van der Waals surface area contributed by atoms with E-state index in [1.807, 2.05) is 18.2 Å².